The summed E-state index contributed by atoms with van der Waals surface area (Å²) in [5, 5.41) is 8.72. The number of carbonyl (C=O) groups is 1. The molecule has 0 bridgehead atoms. The monoisotopic (exact) mass is 335 g/mol. The van der Waals surface area contributed by atoms with Crippen LogP contribution in [0.4, 0.5) is 0 Å². The van der Waals surface area contributed by atoms with Gasteiger partial charge in [0.15, 0.2) is 5.82 Å². The molecule has 1 aliphatic rings. The van der Waals surface area contributed by atoms with Gasteiger partial charge in [0, 0.05) is 13.1 Å². The van der Waals surface area contributed by atoms with Crippen molar-refractivity contribution in [2.24, 2.45) is 0 Å². The van der Waals surface area contributed by atoms with Gasteiger partial charge in [-0.25, -0.2) is 4.68 Å². The lowest BCUT2D eigenvalue weighted by Crippen LogP contribution is -2.33. The number of rotatable bonds is 4. The third kappa shape index (κ3) is 3.52. The van der Waals surface area contributed by atoms with Crippen molar-refractivity contribution in [2.45, 2.75) is 37.8 Å². The van der Waals surface area contributed by atoms with E-state index in [1.165, 1.54) is 29.3 Å². The minimum absolute atomic E-state index is 0.140. The van der Waals surface area contributed by atoms with E-state index >= 15 is 0 Å². The number of nitrogens with two attached hydrogens (primary N) is 1. The molecule has 2 aromatic rings. The summed E-state index contributed by atoms with van der Waals surface area (Å²) in [4.78, 5) is 14.3. The number of furan rings is 1. The molecule has 2 aromatic heterocycles. The van der Waals surface area contributed by atoms with E-state index in [0.29, 0.717) is 16.7 Å². The number of likely N-dealkylation sites (tertiary alicyclic amines) is 1. The van der Waals surface area contributed by atoms with Crippen LogP contribution in [0.3, 0.4) is 0 Å². The predicted molar refractivity (Wildman–Crippen MR) is 88.4 cm³/mol. The number of nitrogens with zero attached hydrogens (tertiary/aromatic N) is 4. The van der Waals surface area contributed by atoms with Crippen LogP contribution in [0, 0.1) is 6.92 Å². The number of hydrogen-bond acceptors (Lipinski definition) is 6. The van der Waals surface area contributed by atoms with Gasteiger partial charge in [-0.15, -0.1) is 10.2 Å². The third-order valence-corrected chi connectivity index (χ3v) is 4.98. The highest BCUT2D eigenvalue weighted by atomic mass is 32.2. The summed E-state index contributed by atoms with van der Waals surface area (Å²) < 4.78 is 6.68. The summed E-state index contributed by atoms with van der Waals surface area (Å²) in [5.74, 6) is 7.81. The van der Waals surface area contributed by atoms with Gasteiger partial charge in [-0.3, -0.25) is 4.79 Å². The number of carbonyl (C=O) groups excluding carboxylic acids is 1. The van der Waals surface area contributed by atoms with Crippen molar-refractivity contribution in [2.75, 3.05) is 24.7 Å². The predicted octanol–water partition coefficient (Wildman–Crippen LogP) is 2.06. The first-order valence-corrected chi connectivity index (χ1v) is 8.81. The SMILES string of the molecule is Cc1occc1-c1nnc(SCC(=O)N2CCCCCC2)n1N. The Hall–Kier alpha value is -1.96. The van der Waals surface area contributed by atoms with E-state index in [9.17, 15) is 4.79 Å². The van der Waals surface area contributed by atoms with Gasteiger partial charge < -0.3 is 15.2 Å². The van der Waals surface area contributed by atoms with Crippen LogP contribution >= 0.6 is 11.8 Å². The molecule has 0 radical (unpaired) electrons. The largest absolute Gasteiger partial charge is 0.469 e. The van der Waals surface area contributed by atoms with Crippen LogP contribution in [-0.4, -0.2) is 44.5 Å². The minimum atomic E-state index is 0.140. The molecule has 23 heavy (non-hydrogen) atoms. The van der Waals surface area contributed by atoms with Crippen LogP contribution < -0.4 is 5.84 Å². The number of aryl methyl sites for hydroxylation is 1. The zero-order chi connectivity index (χ0) is 16.2. The summed E-state index contributed by atoms with van der Waals surface area (Å²) in [6.07, 6.45) is 6.19. The Balaban J connectivity index is 1.64. The van der Waals surface area contributed by atoms with Gasteiger partial charge in [0.1, 0.15) is 5.76 Å². The third-order valence-electron chi connectivity index (χ3n) is 4.05. The van der Waals surface area contributed by atoms with Gasteiger partial charge in [0.2, 0.25) is 11.1 Å². The van der Waals surface area contributed by atoms with Gasteiger partial charge in [-0.1, -0.05) is 24.6 Å². The molecule has 8 heteroatoms. The number of aromatic nitrogens is 3. The van der Waals surface area contributed by atoms with Gasteiger partial charge in [-0.2, -0.15) is 0 Å². The Kier molecular flexibility index (Phi) is 4.90. The maximum atomic E-state index is 12.3. The first-order valence-electron chi connectivity index (χ1n) is 7.82. The van der Waals surface area contributed by atoms with E-state index in [1.54, 1.807) is 12.3 Å². The first-order chi connectivity index (χ1) is 11.2. The molecular formula is C15H21N5O2S. The molecule has 0 unspecified atom stereocenters. The molecule has 2 N–H and O–H groups in total. The van der Waals surface area contributed by atoms with Crippen molar-refractivity contribution >= 4 is 17.7 Å². The van der Waals surface area contributed by atoms with Gasteiger partial charge in [0.05, 0.1) is 17.6 Å². The van der Waals surface area contributed by atoms with Crippen molar-refractivity contribution in [1.82, 2.24) is 19.8 Å². The van der Waals surface area contributed by atoms with Gasteiger partial charge >= 0.3 is 0 Å². The Morgan fingerprint density at radius 2 is 2.04 bits per heavy atom. The van der Waals surface area contributed by atoms with Crippen LogP contribution in [0.25, 0.3) is 11.4 Å². The number of nitrogen functional groups attached to an aromatic ring is 1. The molecule has 1 saturated heterocycles. The Bertz CT molecular complexity index is 673. The van der Waals surface area contributed by atoms with E-state index in [0.717, 1.165) is 37.3 Å². The van der Waals surface area contributed by atoms with Crippen molar-refractivity contribution in [3.05, 3.63) is 18.1 Å². The minimum Gasteiger partial charge on any atom is -0.469 e. The Labute approximate surface area is 139 Å². The summed E-state index contributed by atoms with van der Waals surface area (Å²) in [7, 11) is 0. The molecule has 1 fully saturated rings. The molecule has 0 aliphatic carbocycles. The second kappa shape index (κ2) is 7.08. The van der Waals surface area contributed by atoms with Crippen molar-refractivity contribution in [3.63, 3.8) is 0 Å². The molecule has 0 saturated carbocycles. The highest BCUT2D eigenvalue weighted by Gasteiger charge is 2.19. The van der Waals surface area contributed by atoms with Gasteiger partial charge in [0.25, 0.3) is 0 Å². The lowest BCUT2D eigenvalue weighted by atomic mass is 10.2. The first kappa shape index (κ1) is 15.9. The number of thioether (sulfide) groups is 1. The van der Waals surface area contributed by atoms with Crippen LogP contribution in [0.2, 0.25) is 0 Å². The second-order valence-corrected chi connectivity index (χ2v) is 6.59. The smallest absolute Gasteiger partial charge is 0.233 e. The zero-order valence-corrected chi connectivity index (χ0v) is 14.0. The molecule has 0 spiro atoms. The molecule has 3 rings (SSSR count). The van der Waals surface area contributed by atoms with Crippen LogP contribution in [0.1, 0.15) is 31.4 Å². The van der Waals surface area contributed by atoms with Crippen LogP contribution in [-0.2, 0) is 4.79 Å². The standard InChI is InChI=1S/C15H21N5O2S/c1-11-12(6-9-22-11)14-17-18-15(20(14)16)23-10-13(21)19-7-4-2-3-5-8-19/h6,9H,2-5,7-8,10,16H2,1H3. The average molecular weight is 335 g/mol. The Morgan fingerprint density at radius 3 is 2.70 bits per heavy atom. The maximum absolute atomic E-state index is 12.3. The molecule has 1 amide bonds. The summed E-state index contributed by atoms with van der Waals surface area (Å²) in [6.45, 7) is 3.56. The molecule has 3 heterocycles. The van der Waals surface area contributed by atoms with E-state index in [-0.39, 0.29) is 5.91 Å². The molecule has 1 aliphatic heterocycles. The Morgan fingerprint density at radius 1 is 1.30 bits per heavy atom. The van der Waals surface area contributed by atoms with E-state index < -0.39 is 0 Å². The summed E-state index contributed by atoms with van der Waals surface area (Å²) >= 11 is 1.32. The average Bonchev–Trinajstić information content (AvgIpc) is 2.99. The zero-order valence-electron chi connectivity index (χ0n) is 13.2. The molecular weight excluding hydrogens is 314 g/mol. The molecule has 124 valence electrons. The van der Waals surface area contributed by atoms with E-state index in [4.69, 9.17) is 10.3 Å². The topological polar surface area (TPSA) is 90.2 Å². The van der Waals surface area contributed by atoms with Crippen molar-refractivity contribution in [3.8, 4) is 11.4 Å². The summed E-state index contributed by atoms with van der Waals surface area (Å²) in [6, 6.07) is 1.81. The number of amides is 1. The fourth-order valence-electron chi connectivity index (χ4n) is 2.71. The molecule has 0 aromatic carbocycles. The fourth-order valence-corrected chi connectivity index (χ4v) is 3.47. The maximum Gasteiger partial charge on any atom is 0.233 e. The fraction of sp³-hybridized carbons (Fsp3) is 0.533. The second-order valence-electron chi connectivity index (χ2n) is 5.65. The molecule has 7 nitrogen and oxygen atoms in total. The van der Waals surface area contributed by atoms with Gasteiger partial charge in [-0.05, 0) is 25.8 Å². The van der Waals surface area contributed by atoms with E-state index in [2.05, 4.69) is 10.2 Å². The highest BCUT2D eigenvalue weighted by Crippen LogP contribution is 2.25. The van der Waals surface area contributed by atoms with Crippen LogP contribution in [0.5, 0.6) is 0 Å². The van der Waals surface area contributed by atoms with E-state index in [1.807, 2.05) is 11.8 Å². The quantitative estimate of drug-likeness (QED) is 0.679. The highest BCUT2D eigenvalue weighted by molar-refractivity contribution is 7.99. The van der Waals surface area contributed by atoms with Crippen molar-refractivity contribution in [1.29, 1.82) is 0 Å². The van der Waals surface area contributed by atoms with Crippen LogP contribution in [0.15, 0.2) is 21.9 Å². The molecule has 0 atom stereocenters. The summed E-state index contributed by atoms with van der Waals surface area (Å²) in [5.41, 5.74) is 0.811. The normalized spacial score (nSPS) is 15.6. The number of hydrogen-bond donors (Lipinski definition) is 1. The lowest BCUT2D eigenvalue weighted by molar-refractivity contribution is -0.128. The van der Waals surface area contributed by atoms with Crippen molar-refractivity contribution < 1.29 is 9.21 Å². The lowest BCUT2D eigenvalue weighted by Gasteiger charge is -2.19.